The van der Waals surface area contributed by atoms with Gasteiger partial charge in [-0.1, -0.05) is 13.2 Å². The van der Waals surface area contributed by atoms with Gasteiger partial charge < -0.3 is 0 Å². The van der Waals surface area contributed by atoms with E-state index in [4.69, 9.17) is 0 Å². The van der Waals surface area contributed by atoms with Crippen molar-refractivity contribution in [3.63, 3.8) is 0 Å². The van der Waals surface area contributed by atoms with E-state index < -0.39 is 6.89 Å². The predicted molar refractivity (Wildman–Crippen MR) is 69.7 cm³/mol. The van der Waals surface area contributed by atoms with Gasteiger partial charge >= 0.3 is 0 Å². The van der Waals surface area contributed by atoms with Crippen molar-refractivity contribution in [2.24, 2.45) is 0 Å². The summed E-state index contributed by atoms with van der Waals surface area (Å²) in [7, 11) is 0.918. The topological polar surface area (TPSA) is 0 Å². The molecule has 0 heterocycles. The average Bonchev–Trinajstić information content (AvgIpc) is 1.87. The van der Waals surface area contributed by atoms with Crippen molar-refractivity contribution < 1.29 is 86.5 Å². The largest absolute Gasteiger partial charge is 0.113 e. The van der Waals surface area contributed by atoms with E-state index in [2.05, 4.69) is 32.5 Å². The molecule has 0 fully saturated rings. The van der Waals surface area contributed by atoms with E-state index in [1.54, 1.807) is 0 Å². The van der Waals surface area contributed by atoms with Gasteiger partial charge in [0.25, 0.3) is 0 Å². The summed E-state index contributed by atoms with van der Waals surface area (Å²) in [5.74, 6) is 2.56. The van der Waals surface area contributed by atoms with Crippen LogP contribution in [-0.4, -0.2) is 43.5 Å². The second-order valence-corrected chi connectivity index (χ2v) is 11.6. The molecule has 0 aromatic carbocycles. The number of hydrogen-bond acceptors (Lipinski definition) is 0. The van der Waals surface area contributed by atoms with E-state index in [1.165, 1.54) is 26.2 Å². The van der Waals surface area contributed by atoms with Crippen LogP contribution in [0.2, 0.25) is 0 Å². The molecule has 0 aliphatic heterocycles. The van der Waals surface area contributed by atoms with Gasteiger partial charge in [0.2, 0.25) is 0 Å². The van der Waals surface area contributed by atoms with E-state index >= 15 is 0 Å². The predicted octanol–water partition coefficient (Wildman–Crippen LogP) is 3.02. The first-order valence-electron chi connectivity index (χ1n) is 3.80. The molecule has 0 nitrogen and oxygen atoms in total. The van der Waals surface area contributed by atoms with Crippen molar-refractivity contribution in [3.05, 3.63) is 0 Å². The summed E-state index contributed by atoms with van der Waals surface area (Å²) in [5.41, 5.74) is 0. The summed E-state index contributed by atoms with van der Waals surface area (Å²) >= 11 is 0. The normalized spacial score (nSPS) is 15.3. The van der Waals surface area contributed by atoms with Crippen LogP contribution in [0.5, 0.6) is 0 Å². The third kappa shape index (κ3) is 15.7. The monoisotopic (exact) mass is 570 g/mol. The van der Waals surface area contributed by atoms with Gasteiger partial charge in [0.05, 0.1) is 0 Å². The quantitative estimate of drug-likeness (QED) is 0.447. The first-order valence-corrected chi connectivity index (χ1v) is 9.97. The molecule has 2 atom stereocenters. The van der Waals surface area contributed by atoms with Gasteiger partial charge in [0.1, 0.15) is 0 Å². The van der Waals surface area contributed by atoms with Crippen LogP contribution in [0.3, 0.4) is 0 Å². The third-order valence-corrected chi connectivity index (χ3v) is 10.8. The van der Waals surface area contributed by atoms with Gasteiger partial charge in [-0.05, 0) is 18.7 Å². The average molecular weight is 570 g/mol. The molecule has 78 valence electrons. The van der Waals surface area contributed by atoms with Crippen LogP contribution in [-0.2, 0) is 86.5 Å². The van der Waals surface area contributed by atoms with Gasteiger partial charge in [-0.15, -0.1) is 35.2 Å². The minimum atomic E-state index is -0.809. The molecule has 14 heavy (non-hydrogen) atoms. The molecular weight excluding hydrogens is 551 g/mol. The molecule has 0 aliphatic rings. The first-order chi connectivity index (χ1) is 5.02. The fourth-order valence-corrected chi connectivity index (χ4v) is 8.64. The van der Waals surface area contributed by atoms with E-state index in [0.29, 0.717) is 0 Å². The second-order valence-electron chi connectivity index (χ2n) is 3.23. The Bertz CT molecular complexity index is 207. The SMILES string of the molecule is C=PC[PH](=C)CP(=C)(C)CC.[W].[Y].[Y]. The van der Waals surface area contributed by atoms with Gasteiger partial charge in [0, 0.05) is 92.4 Å². The van der Waals surface area contributed by atoms with Gasteiger partial charge in [0.15, 0.2) is 0 Å². The minimum absolute atomic E-state index is 0. The number of rotatable bonds is 5. The molecule has 0 N–H and O–H groups in total. The van der Waals surface area contributed by atoms with Crippen molar-refractivity contribution in [1.82, 2.24) is 0 Å². The van der Waals surface area contributed by atoms with Gasteiger partial charge in [-0.25, -0.2) is 0 Å². The molecule has 0 aromatic rings. The molecule has 2 radical (unpaired) electrons. The van der Waals surface area contributed by atoms with Crippen LogP contribution >= 0.6 is 22.6 Å². The molecule has 6 heteroatoms. The summed E-state index contributed by atoms with van der Waals surface area (Å²) in [5, 5.41) is 0. The van der Waals surface area contributed by atoms with E-state index in [-0.39, 0.29) is 94.0 Å². The molecule has 0 saturated heterocycles. The Morgan fingerprint density at radius 2 is 1.79 bits per heavy atom. The zero-order valence-corrected chi connectivity index (χ0v) is 20.6. The molecular formula is C8H19P3WY2. The fraction of sp³-hybridized carbons (Fsp3) is 0.625. The van der Waals surface area contributed by atoms with Crippen LogP contribution in [0.25, 0.3) is 0 Å². The van der Waals surface area contributed by atoms with Crippen molar-refractivity contribution in [1.29, 1.82) is 0 Å². The summed E-state index contributed by atoms with van der Waals surface area (Å²) in [6.07, 6.45) is 13.6. The zero-order chi connectivity index (χ0) is 8.91. The van der Waals surface area contributed by atoms with Crippen LogP contribution in [0.15, 0.2) is 0 Å². The molecule has 0 aromatic heterocycles. The van der Waals surface area contributed by atoms with Gasteiger partial charge in [-0.3, -0.25) is 0 Å². The summed E-state index contributed by atoms with van der Waals surface area (Å²) in [6.45, 7) is 3.78. The zero-order valence-electron chi connectivity index (χ0n) is 9.20. The Hall–Kier alpha value is 3.67. The minimum Gasteiger partial charge on any atom is -0.113 e. The van der Waals surface area contributed by atoms with Crippen LogP contribution in [0.1, 0.15) is 6.92 Å². The molecule has 0 rings (SSSR count). The summed E-state index contributed by atoms with van der Waals surface area (Å²) < 4.78 is 0. The molecule has 0 aliphatic carbocycles. The maximum atomic E-state index is 4.28. The molecule has 0 amide bonds. The maximum absolute atomic E-state index is 4.28. The summed E-state index contributed by atoms with van der Waals surface area (Å²) in [4.78, 5) is 0. The fourth-order valence-electron chi connectivity index (χ4n) is 0.860. The molecule has 0 spiro atoms. The molecule has 2 unspecified atom stereocenters. The van der Waals surface area contributed by atoms with Crippen molar-refractivity contribution in [2.45, 2.75) is 6.92 Å². The number of hydrogen-bond donors (Lipinski definition) is 0. The van der Waals surface area contributed by atoms with Crippen molar-refractivity contribution >= 4 is 41.5 Å². The van der Waals surface area contributed by atoms with Crippen molar-refractivity contribution in [3.8, 4) is 0 Å². The second kappa shape index (κ2) is 14.7. The maximum Gasteiger partial charge on any atom is 0.00628 e. The molecule has 0 saturated carbocycles. The molecule has 0 bridgehead atoms. The van der Waals surface area contributed by atoms with Crippen LogP contribution < -0.4 is 0 Å². The van der Waals surface area contributed by atoms with Gasteiger partial charge in [-0.2, -0.15) is 0 Å². The Morgan fingerprint density at radius 3 is 2.07 bits per heavy atom. The first kappa shape index (κ1) is 26.3. The Morgan fingerprint density at radius 1 is 1.36 bits per heavy atom. The third-order valence-electron chi connectivity index (χ3n) is 1.70. The van der Waals surface area contributed by atoms with E-state index in [9.17, 15) is 0 Å². The van der Waals surface area contributed by atoms with E-state index in [1.807, 2.05) is 0 Å². The van der Waals surface area contributed by atoms with Crippen LogP contribution in [0.4, 0.5) is 0 Å². The Balaban J connectivity index is -0.000000167. The standard InChI is InChI=1S/C8H19P3.W.2Y/c1-6-11(4,5)8-10(3)7-9-2;;;/h10H,2-4,6-8H2,1,5H3;;;. The Labute approximate surface area is 157 Å². The summed E-state index contributed by atoms with van der Waals surface area (Å²) in [6, 6.07) is 0. The smallest absolute Gasteiger partial charge is 0.00628 e. The Kier molecular flexibility index (Phi) is 27.6. The van der Waals surface area contributed by atoms with Crippen molar-refractivity contribution in [2.75, 3.05) is 24.6 Å². The van der Waals surface area contributed by atoms with Crippen LogP contribution in [0, 0.1) is 0 Å². The van der Waals surface area contributed by atoms with E-state index in [0.717, 1.165) is 0 Å².